The van der Waals surface area contributed by atoms with Crippen LogP contribution in [0.2, 0.25) is 0 Å². The van der Waals surface area contributed by atoms with Crippen molar-refractivity contribution in [1.82, 2.24) is 10.1 Å². The van der Waals surface area contributed by atoms with E-state index in [4.69, 9.17) is 4.52 Å². The Labute approximate surface area is 92.6 Å². The first kappa shape index (κ1) is 10.7. The number of rotatable bonds is 2. The van der Waals surface area contributed by atoms with Gasteiger partial charge in [-0.15, -0.1) is 0 Å². The zero-order chi connectivity index (χ0) is 11.7. The van der Waals surface area contributed by atoms with E-state index in [0.717, 1.165) is 0 Å². The second kappa shape index (κ2) is 3.96. The fourth-order valence-corrected chi connectivity index (χ4v) is 1.75. The van der Waals surface area contributed by atoms with E-state index in [9.17, 15) is 9.59 Å². The van der Waals surface area contributed by atoms with E-state index >= 15 is 0 Å². The first-order chi connectivity index (χ1) is 7.58. The number of nitrogens with one attached hydrogen (secondary N) is 1. The Balaban J connectivity index is 2.01. The van der Waals surface area contributed by atoms with Crippen molar-refractivity contribution < 1.29 is 14.1 Å². The third kappa shape index (κ3) is 1.91. The molecule has 1 aliphatic rings. The molecular weight excluding hydrogens is 210 g/mol. The lowest BCUT2D eigenvalue weighted by Crippen LogP contribution is -2.38. The van der Waals surface area contributed by atoms with Gasteiger partial charge in [0.15, 0.2) is 5.82 Å². The molecule has 2 amide bonds. The minimum absolute atomic E-state index is 0.00326. The number of aryl methyl sites for hydroxylation is 1. The largest absolute Gasteiger partial charge is 0.360 e. The molecule has 0 aliphatic carbocycles. The number of carbonyl (C=O) groups excluding carboxylic acids is 2. The van der Waals surface area contributed by atoms with E-state index in [1.165, 1.54) is 4.90 Å². The maximum Gasteiger partial charge on any atom is 0.248 e. The van der Waals surface area contributed by atoms with Gasteiger partial charge in [0.25, 0.3) is 0 Å². The van der Waals surface area contributed by atoms with Gasteiger partial charge < -0.3 is 14.7 Å². The molecule has 6 nitrogen and oxygen atoms in total. The molecule has 0 bridgehead atoms. The van der Waals surface area contributed by atoms with Crippen LogP contribution in [0.3, 0.4) is 0 Å². The van der Waals surface area contributed by atoms with Gasteiger partial charge in [-0.2, -0.15) is 0 Å². The van der Waals surface area contributed by atoms with Crippen molar-refractivity contribution >= 4 is 17.6 Å². The van der Waals surface area contributed by atoms with Crippen molar-refractivity contribution in [3.05, 3.63) is 11.8 Å². The molecule has 2 rings (SSSR count). The molecular formula is C10H13N3O3. The molecule has 86 valence electrons. The maximum absolute atomic E-state index is 11.8. The van der Waals surface area contributed by atoms with Gasteiger partial charge in [0, 0.05) is 19.5 Å². The summed E-state index contributed by atoms with van der Waals surface area (Å²) in [6.07, 6.45) is 0.977. The number of likely N-dealkylation sites (N-methyl/N-ethyl adjacent to an activating group) is 1. The molecule has 1 fully saturated rings. The van der Waals surface area contributed by atoms with E-state index in [0.29, 0.717) is 24.4 Å². The topological polar surface area (TPSA) is 75.4 Å². The van der Waals surface area contributed by atoms with Crippen LogP contribution in [0.25, 0.3) is 0 Å². The molecule has 1 unspecified atom stereocenters. The highest BCUT2D eigenvalue weighted by molar-refractivity contribution is 5.98. The van der Waals surface area contributed by atoms with Crippen molar-refractivity contribution in [2.45, 2.75) is 25.8 Å². The Hall–Kier alpha value is -1.85. The van der Waals surface area contributed by atoms with E-state index in [1.54, 1.807) is 20.0 Å². The predicted molar refractivity (Wildman–Crippen MR) is 55.7 cm³/mol. The fourth-order valence-electron chi connectivity index (χ4n) is 1.75. The summed E-state index contributed by atoms with van der Waals surface area (Å²) in [7, 11) is 1.63. The van der Waals surface area contributed by atoms with Gasteiger partial charge in [0.05, 0.1) is 0 Å². The highest BCUT2D eigenvalue weighted by Gasteiger charge is 2.33. The van der Waals surface area contributed by atoms with Crippen LogP contribution in [0.5, 0.6) is 0 Å². The van der Waals surface area contributed by atoms with Gasteiger partial charge in [-0.25, -0.2) is 0 Å². The normalized spacial score (nSPS) is 20.2. The van der Waals surface area contributed by atoms with E-state index in [1.807, 2.05) is 0 Å². The molecule has 6 heteroatoms. The van der Waals surface area contributed by atoms with Gasteiger partial charge in [0.1, 0.15) is 11.8 Å². The molecule has 1 N–H and O–H groups in total. The number of carbonyl (C=O) groups is 2. The van der Waals surface area contributed by atoms with Gasteiger partial charge in [-0.3, -0.25) is 9.59 Å². The number of likely N-dealkylation sites (tertiary alicyclic amines) is 1. The van der Waals surface area contributed by atoms with E-state index in [2.05, 4.69) is 10.5 Å². The second-order valence-corrected chi connectivity index (χ2v) is 3.87. The summed E-state index contributed by atoms with van der Waals surface area (Å²) in [5, 5.41) is 6.28. The first-order valence-corrected chi connectivity index (χ1v) is 5.08. The van der Waals surface area contributed by atoms with E-state index in [-0.39, 0.29) is 11.8 Å². The molecule has 0 radical (unpaired) electrons. The van der Waals surface area contributed by atoms with Crippen molar-refractivity contribution in [2.75, 3.05) is 12.4 Å². The number of anilines is 1. The molecule has 0 spiro atoms. The van der Waals surface area contributed by atoms with Gasteiger partial charge >= 0.3 is 0 Å². The molecule has 1 atom stereocenters. The number of amides is 2. The van der Waals surface area contributed by atoms with Crippen molar-refractivity contribution in [3.8, 4) is 0 Å². The zero-order valence-corrected chi connectivity index (χ0v) is 9.19. The van der Waals surface area contributed by atoms with Crippen LogP contribution in [-0.4, -0.2) is 35.0 Å². The van der Waals surface area contributed by atoms with Crippen LogP contribution in [0.1, 0.15) is 18.6 Å². The standard InChI is InChI=1S/C10H13N3O3/c1-6-5-8(12-16-6)11-10(15)7-3-4-9(14)13(7)2/h5,7H,3-4H2,1-2H3,(H,11,12,15). The summed E-state index contributed by atoms with van der Waals surface area (Å²) in [6, 6.07) is 1.23. The van der Waals surface area contributed by atoms with Crippen LogP contribution in [0, 0.1) is 6.92 Å². The average molecular weight is 223 g/mol. The van der Waals surface area contributed by atoms with Gasteiger partial charge in [-0.05, 0) is 13.3 Å². The Morgan fingerprint density at radius 3 is 2.94 bits per heavy atom. The summed E-state index contributed by atoms with van der Waals surface area (Å²) in [4.78, 5) is 24.5. The van der Waals surface area contributed by atoms with Crippen LogP contribution in [0.4, 0.5) is 5.82 Å². The van der Waals surface area contributed by atoms with E-state index < -0.39 is 6.04 Å². The molecule has 1 saturated heterocycles. The van der Waals surface area contributed by atoms with Crippen molar-refractivity contribution in [3.63, 3.8) is 0 Å². The number of hydrogen-bond donors (Lipinski definition) is 1. The maximum atomic E-state index is 11.8. The highest BCUT2D eigenvalue weighted by atomic mass is 16.5. The predicted octanol–water partition coefficient (Wildman–Crippen LogP) is 0.542. The lowest BCUT2D eigenvalue weighted by Gasteiger charge is -2.17. The molecule has 16 heavy (non-hydrogen) atoms. The molecule has 0 saturated carbocycles. The summed E-state index contributed by atoms with van der Waals surface area (Å²) >= 11 is 0. The van der Waals surface area contributed by atoms with Gasteiger partial charge in [0.2, 0.25) is 11.8 Å². The summed E-state index contributed by atoms with van der Waals surface area (Å²) in [5.74, 6) is 0.791. The summed E-state index contributed by atoms with van der Waals surface area (Å²) in [6.45, 7) is 1.74. The smallest absolute Gasteiger partial charge is 0.248 e. The van der Waals surface area contributed by atoms with Crippen LogP contribution in [-0.2, 0) is 9.59 Å². The van der Waals surface area contributed by atoms with Crippen molar-refractivity contribution in [1.29, 1.82) is 0 Å². The highest BCUT2D eigenvalue weighted by Crippen LogP contribution is 2.18. The Morgan fingerprint density at radius 1 is 1.69 bits per heavy atom. The van der Waals surface area contributed by atoms with Crippen LogP contribution in [0.15, 0.2) is 10.6 Å². The lowest BCUT2D eigenvalue weighted by molar-refractivity contribution is -0.131. The zero-order valence-electron chi connectivity index (χ0n) is 9.19. The molecule has 1 aromatic rings. The Morgan fingerprint density at radius 2 is 2.44 bits per heavy atom. The lowest BCUT2D eigenvalue weighted by atomic mass is 10.2. The number of hydrogen-bond acceptors (Lipinski definition) is 4. The molecule has 1 aliphatic heterocycles. The fraction of sp³-hybridized carbons (Fsp3) is 0.500. The Kier molecular flexibility index (Phi) is 2.64. The number of nitrogens with zero attached hydrogens (tertiary/aromatic N) is 2. The number of aromatic nitrogens is 1. The quantitative estimate of drug-likeness (QED) is 0.794. The van der Waals surface area contributed by atoms with Crippen LogP contribution < -0.4 is 5.32 Å². The minimum Gasteiger partial charge on any atom is -0.360 e. The van der Waals surface area contributed by atoms with Gasteiger partial charge in [-0.1, -0.05) is 5.16 Å². The summed E-state index contributed by atoms with van der Waals surface area (Å²) < 4.78 is 4.83. The summed E-state index contributed by atoms with van der Waals surface area (Å²) in [5.41, 5.74) is 0. The third-order valence-corrected chi connectivity index (χ3v) is 2.67. The van der Waals surface area contributed by atoms with Crippen molar-refractivity contribution in [2.24, 2.45) is 0 Å². The molecule has 1 aromatic heterocycles. The second-order valence-electron chi connectivity index (χ2n) is 3.87. The average Bonchev–Trinajstić information content (AvgIpc) is 2.76. The van der Waals surface area contributed by atoms with Crippen LogP contribution >= 0.6 is 0 Å². The Bertz CT molecular complexity index is 427. The molecule has 2 heterocycles. The third-order valence-electron chi connectivity index (χ3n) is 2.67. The monoisotopic (exact) mass is 223 g/mol. The first-order valence-electron chi connectivity index (χ1n) is 5.08. The SMILES string of the molecule is Cc1cc(NC(=O)C2CCC(=O)N2C)no1. The molecule has 0 aromatic carbocycles. The minimum atomic E-state index is -0.399.